The second-order valence-corrected chi connectivity index (χ2v) is 10.1. The molecule has 0 amide bonds. The molecule has 0 bridgehead atoms. The molecule has 0 radical (unpaired) electrons. The molecule has 0 fully saturated rings. The van der Waals surface area contributed by atoms with Gasteiger partial charge in [-0.15, -0.1) is 0 Å². The van der Waals surface area contributed by atoms with Gasteiger partial charge >= 0.3 is 0 Å². The van der Waals surface area contributed by atoms with Crippen LogP contribution in [0.5, 0.6) is 23.0 Å². The smallest absolute Gasteiger partial charge is 0.120 e. The van der Waals surface area contributed by atoms with E-state index in [1.165, 1.54) is 0 Å². The molecule has 0 aliphatic carbocycles. The monoisotopic (exact) mass is 486 g/mol. The second kappa shape index (κ2) is 8.17. The molecule has 0 spiro atoms. The van der Waals surface area contributed by atoms with E-state index in [1.807, 2.05) is 38.1 Å². The maximum atomic E-state index is 11.4. The molecule has 0 aliphatic rings. The van der Waals surface area contributed by atoms with Crippen LogP contribution in [-0.4, -0.2) is 20.4 Å². The number of phenols is 4. The molecule has 4 N–H and O–H groups in total. The average molecular weight is 487 g/mol. The molecule has 0 heterocycles. The Morgan fingerprint density at radius 1 is 0.486 bits per heavy atom. The van der Waals surface area contributed by atoms with Gasteiger partial charge in [0.25, 0.3) is 0 Å². The number of fused-ring (bicyclic) bond motifs is 3. The zero-order valence-corrected chi connectivity index (χ0v) is 20.5. The molecule has 0 aliphatic heterocycles. The summed E-state index contributed by atoms with van der Waals surface area (Å²) in [5.74, 6) is 0.474. The molecule has 0 aromatic heterocycles. The third kappa shape index (κ3) is 3.53. The lowest BCUT2D eigenvalue weighted by Crippen LogP contribution is -2.20. The van der Waals surface area contributed by atoms with Gasteiger partial charge in [-0.1, -0.05) is 74.5 Å². The van der Waals surface area contributed by atoms with Gasteiger partial charge in [-0.25, -0.2) is 0 Å². The van der Waals surface area contributed by atoms with Crippen LogP contribution in [0.1, 0.15) is 25.0 Å². The van der Waals surface area contributed by atoms with Crippen LogP contribution in [0.25, 0.3) is 43.4 Å². The minimum absolute atomic E-state index is 0.0971. The van der Waals surface area contributed by atoms with Crippen LogP contribution in [0, 0.1) is 0 Å². The standard InChI is InChI=1S/C33H26O4/c1-33(2,31-25-13-12-22(34)16-20(25)10-14-28(31)36)32-29(37)15-11-21-17-23(35)18-27(30(21)32)26-9-5-7-19-6-3-4-8-24(19)26/h3-18,34-37H,1-2H3. The van der Waals surface area contributed by atoms with Crippen LogP contribution in [0.2, 0.25) is 0 Å². The summed E-state index contributed by atoms with van der Waals surface area (Å²) < 4.78 is 0. The third-order valence-electron chi connectivity index (χ3n) is 7.39. The molecule has 0 unspecified atom stereocenters. The summed E-state index contributed by atoms with van der Waals surface area (Å²) in [6.45, 7) is 3.95. The third-order valence-corrected chi connectivity index (χ3v) is 7.39. The van der Waals surface area contributed by atoms with E-state index in [4.69, 9.17) is 0 Å². The fraction of sp³-hybridized carbons (Fsp3) is 0.0909. The van der Waals surface area contributed by atoms with Crippen LogP contribution in [0.4, 0.5) is 0 Å². The summed E-state index contributed by atoms with van der Waals surface area (Å²) in [6, 6.07) is 29.5. The Kier molecular flexibility index (Phi) is 5.02. The zero-order chi connectivity index (χ0) is 25.9. The van der Waals surface area contributed by atoms with Gasteiger partial charge in [0.1, 0.15) is 23.0 Å². The highest BCUT2D eigenvalue weighted by Gasteiger charge is 2.33. The van der Waals surface area contributed by atoms with E-state index in [0.29, 0.717) is 11.1 Å². The lowest BCUT2D eigenvalue weighted by Gasteiger charge is -2.31. The van der Waals surface area contributed by atoms with Crippen molar-refractivity contribution in [2.75, 3.05) is 0 Å². The highest BCUT2D eigenvalue weighted by Crippen LogP contribution is 2.50. The first-order valence-corrected chi connectivity index (χ1v) is 12.2. The summed E-state index contributed by atoms with van der Waals surface area (Å²) in [6.07, 6.45) is 0. The Morgan fingerprint density at radius 2 is 1.16 bits per heavy atom. The molecule has 37 heavy (non-hydrogen) atoms. The topological polar surface area (TPSA) is 80.9 Å². The van der Waals surface area contributed by atoms with Gasteiger partial charge in [0.05, 0.1) is 0 Å². The zero-order valence-electron chi connectivity index (χ0n) is 20.5. The molecule has 0 atom stereocenters. The first-order chi connectivity index (χ1) is 17.8. The van der Waals surface area contributed by atoms with Crippen LogP contribution < -0.4 is 0 Å². The van der Waals surface area contributed by atoms with Crippen molar-refractivity contribution in [1.29, 1.82) is 0 Å². The van der Waals surface area contributed by atoms with Crippen molar-refractivity contribution in [3.8, 4) is 34.1 Å². The average Bonchev–Trinajstić information content (AvgIpc) is 2.87. The largest absolute Gasteiger partial charge is 0.508 e. The minimum atomic E-state index is -0.861. The van der Waals surface area contributed by atoms with E-state index in [1.54, 1.807) is 54.6 Å². The lowest BCUT2D eigenvalue weighted by molar-refractivity contribution is 0.439. The lowest BCUT2D eigenvalue weighted by atomic mass is 9.72. The van der Waals surface area contributed by atoms with Crippen molar-refractivity contribution in [3.05, 3.63) is 108 Å². The fourth-order valence-corrected chi connectivity index (χ4v) is 5.83. The van der Waals surface area contributed by atoms with E-state index in [0.717, 1.165) is 43.4 Å². The van der Waals surface area contributed by atoms with Crippen LogP contribution in [0.3, 0.4) is 0 Å². The Morgan fingerprint density at radius 3 is 1.97 bits per heavy atom. The summed E-state index contributed by atoms with van der Waals surface area (Å²) in [5.41, 5.74) is 2.16. The summed E-state index contributed by atoms with van der Waals surface area (Å²) >= 11 is 0. The highest BCUT2D eigenvalue weighted by molar-refractivity contribution is 6.08. The van der Waals surface area contributed by atoms with Crippen LogP contribution in [0.15, 0.2) is 97.1 Å². The van der Waals surface area contributed by atoms with Crippen molar-refractivity contribution in [2.24, 2.45) is 0 Å². The van der Waals surface area contributed by atoms with Gasteiger partial charge in [0.2, 0.25) is 0 Å². The molecule has 6 aromatic carbocycles. The van der Waals surface area contributed by atoms with Gasteiger partial charge in [-0.3, -0.25) is 0 Å². The quantitative estimate of drug-likeness (QED) is 0.205. The number of rotatable bonds is 3. The maximum Gasteiger partial charge on any atom is 0.120 e. The molecule has 0 saturated carbocycles. The predicted octanol–water partition coefficient (Wildman–Crippen LogP) is 7.96. The van der Waals surface area contributed by atoms with Gasteiger partial charge in [-0.2, -0.15) is 0 Å². The molecule has 182 valence electrons. The highest BCUT2D eigenvalue weighted by atomic mass is 16.3. The Hall–Kier alpha value is -4.70. The Bertz CT molecular complexity index is 1840. The number of benzene rings is 6. The first kappa shape index (κ1) is 22.7. The van der Waals surface area contributed by atoms with Gasteiger partial charge < -0.3 is 20.4 Å². The Labute approximate surface area is 214 Å². The van der Waals surface area contributed by atoms with E-state index in [-0.39, 0.29) is 23.0 Å². The Balaban J connectivity index is 1.75. The normalized spacial score (nSPS) is 11.9. The van der Waals surface area contributed by atoms with E-state index < -0.39 is 5.41 Å². The summed E-state index contributed by atoms with van der Waals surface area (Å²) in [4.78, 5) is 0. The summed E-state index contributed by atoms with van der Waals surface area (Å²) in [5, 5.41) is 48.5. The number of phenolic OH excluding ortho intramolecular Hbond substituents is 4. The predicted molar refractivity (Wildman–Crippen MR) is 150 cm³/mol. The van der Waals surface area contributed by atoms with Crippen molar-refractivity contribution in [2.45, 2.75) is 19.3 Å². The molecular weight excluding hydrogens is 460 g/mol. The molecule has 6 rings (SSSR count). The van der Waals surface area contributed by atoms with Gasteiger partial charge in [-0.05, 0) is 79.8 Å². The number of aromatic hydroxyl groups is 4. The van der Waals surface area contributed by atoms with Crippen molar-refractivity contribution < 1.29 is 20.4 Å². The molecular formula is C33H26O4. The molecule has 4 nitrogen and oxygen atoms in total. The maximum absolute atomic E-state index is 11.4. The van der Waals surface area contributed by atoms with Gasteiger partial charge in [0.15, 0.2) is 0 Å². The SMILES string of the molecule is CC(C)(c1c(O)ccc2cc(O)ccc12)c1c(O)ccc2cc(O)cc(-c3cccc4ccccc34)c12. The van der Waals surface area contributed by atoms with Crippen molar-refractivity contribution in [1.82, 2.24) is 0 Å². The van der Waals surface area contributed by atoms with Crippen LogP contribution in [-0.2, 0) is 5.41 Å². The molecule has 6 aromatic rings. The van der Waals surface area contributed by atoms with E-state index in [2.05, 4.69) is 18.2 Å². The number of hydrogen-bond donors (Lipinski definition) is 4. The first-order valence-electron chi connectivity index (χ1n) is 12.2. The minimum Gasteiger partial charge on any atom is -0.508 e. The molecule has 4 heteroatoms. The summed E-state index contributed by atoms with van der Waals surface area (Å²) in [7, 11) is 0. The van der Waals surface area contributed by atoms with Crippen LogP contribution >= 0.6 is 0 Å². The van der Waals surface area contributed by atoms with Crippen molar-refractivity contribution >= 4 is 32.3 Å². The number of hydrogen-bond acceptors (Lipinski definition) is 4. The van der Waals surface area contributed by atoms with Crippen molar-refractivity contribution in [3.63, 3.8) is 0 Å². The van der Waals surface area contributed by atoms with E-state index >= 15 is 0 Å². The second-order valence-electron chi connectivity index (χ2n) is 10.1. The molecule has 0 saturated heterocycles. The fourth-order valence-electron chi connectivity index (χ4n) is 5.83. The van der Waals surface area contributed by atoms with Gasteiger partial charge in [0, 0.05) is 16.5 Å². The van der Waals surface area contributed by atoms with E-state index in [9.17, 15) is 20.4 Å².